The van der Waals surface area contributed by atoms with Crippen LogP contribution in [-0.4, -0.2) is 29.9 Å². The van der Waals surface area contributed by atoms with Gasteiger partial charge in [0.1, 0.15) is 0 Å². The molecule has 2 rings (SSSR count). The Hall–Kier alpha value is -2.16. The molecule has 0 unspecified atom stereocenters. The molecule has 0 aromatic heterocycles. The molecule has 0 aliphatic rings. The van der Waals surface area contributed by atoms with Crippen molar-refractivity contribution in [3.8, 4) is 0 Å². The molecule has 166 valence electrons. The van der Waals surface area contributed by atoms with Crippen LogP contribution in [-0.2, 0) is 32.4 Å². The molecule has 30 heavy (non-hydrogen) atoms. The van der Waals surface area contributed by atoms with Crippen LogP contribution in [0.4, 0.5) is 26.3 Å². The van der Waals surface area contributed by atoms with Gasteiger partial charge in [-0.3, -0.25) is 0 Å². The van der Waals surface area contributed by atoms with Crippen LogP contribution in [0, 0.1) is 0 Å². The van der Waals surface area contributed by atoms with Gasteiger partial charge in [0, 0.05) is 13.1 Å². The van der Waals surface area contributed by atoms with E-state index in [0.29, 0.717) is 24.3 Å². The molecule has 0 radical (unpaired) electrons. The van der Waals surface area contributed by atoms with Gasteiger partial charge in [-0.1, -0.05) is 12.1 Å². The van der Waals surface area contributed by atoms with Gasteiger partial charge in [0.25, 0.3) is 0 Å². The molecule has 2 N–H and O–H groups in total. The Kier molecular flexibility index (Phi) is 6.85. The summed E-state index contributed by atoms with van der Waals surface area (Å²) in [6.45, 7) is -1.12. The molecule has 0 atom stereocenters. The number of nitrogens with one attached hydrogen (secondary N) is 2. The Labute approximate surface area is 168 Å². The molecule has 0 aliphatic carbocycles. The zero-order chi connectivity index (χ0) is 22.8. The summed E-state index contributed by atoms with van der Waals surface area (Å²) in [4.78, 5) is -1.36. The van der Waals surface area contributed by atoms with Crippen molar-refractivity contribution in [2.75, 3.05) is 13.1 Å². The summed E-state index contributed by atoms with van der Waals surface area (Å²) in [5.41, 5.74) is -2.37. The first-order valence-corrected chi connectivity index (χ1v) is 10.9. The third-order valence-corrected chi connectivity index (χ3v) is 6.57. The van der Waals surface area contributed by atoms with Gasteiger partial charge in [0.15, 0.2) is 0 Å². The number of rotatable bonds is 7. The van der Waals surface area contributed by atoms with Crippen LogP contribution < -0.4 is 9.44 Å². The standard InChI is InChI=1S/C16H14F6N2O4S2/c17-15(18,19)11-3-1-5-13(9-11)29(25,26)23-7-8-24-30(27,28)14-6-2-4-12(10-14)16(20,21)22/h1-6,9-10,23-24H,7-8H2. The van der Waals surface area contributed by atoms with Gasteiger partial charge in [-0.15, -0.1) is 0 Å². The van der Waals surface area contributed by atoms with E-state index in [1.165, 1.54) is 0 Å². The minimum Gasteiger partial charge on any atom is -0.210 e. The summed E-state index contributed by atoms with van der Waals surface area (Å²) >= 11 is 0. The highest BCUT2D eigenvalue weighted by Crippen LogP contribution is 2.31. The predicted molar refractivity (Wildman–Crippen MR) is 93.3 cm³/mol. The summed E-state index contributed by atoms with van der Waals surface area (Å²) in [5, 5.41) is 0. The summed E-state index contributed by atoms with van der Waals surface area (Å²) in [6, 6.07) is 5.82. The average Bonchev–Trinajstić information content (AvgIpc) is 2.64. The van der Waals surface area contributed by atoms with Crippen molar-refractivity contribution < 1.29 is 43.2 Å². The number of hydrogen-bond donors (Lipinski definition) is 2. The SMILES string of the molecule is O=S(=O)(NCCNS(=O)(=O)c1cccc(C(F)(F)F)c1)c1cccc(C(F)(F)F)c1. The predicted octanol–water partition coefficient (Wildman–Crippen LogP) is 2.98. The number of alkyl halides is 6. The Morgan fingerprint density at radius 1 is 0.633 bits per heavy atom. The molecule has 2 aromatic rings. The Balaban J connectivity index is 2.04. The van der Waals surface area contributed by atoms with Crippen molar-refractivity contribution in [2.45, 2.75) is 22.1 Å². The fourth-order valence-electron chi connectivity index (χ4n) is 2.22. The molecule has 6 nitrogen and oxygen atoms in total. The van der Waals surface area contributed by atoms with Crippen molar-refractivity contribution in [2.24, 2.45) is 0 Å². The molecule has 0 saturated carbocycles. The maximum Gasteiger partial charge on any atom is 0.416 e. The quantitative estimate of drug-likeness (QED) is 0.475. The summed E-state index contributed by atoms with van der Waals surface area (Å²) in [7, 11) is -8.77. The molecule has 0 heterocycles. The van der Waals surface area contributed by atoms with Crippen LogP contribution >= 0.6 is 0 Å². The van der Waals surface area contributed by atoms with Crippen molar-refractivity contribution in [3.63, 3.8) is 0 Å². The lowest BCUT2D eigenvalue weighted by Crippen LogP contribution is -2.34. The van der Waals surface area contributed by atoms with Gasteiger partial charge < -0.3 is 0 Å². The van der Waals surface area contributed by atoms with Crippen molar-refractivity contribution in [1.82, 2.24) is 9.44 Å². The molecule has 0 aliphatic heterocycles. The monoisotopic (exact) mass is 476 g/mol. The molecule has 0 bridgehead atoms. The van der Waals surface area contributed by atoms with Crippen LogP contribution in [0.15, 0.2) is 58.3 Å². The second kappa shape index (κ2) is 8.53. The number of sulfonamides is 2. The second-order valence-corrected chi connectivity index (χ2v) is 9.38. The first-order valence-electron chi connectivity index (χ1n) is 7.97. The largest absolute Gasteiger partial charge is 0.416 e. The van der Waals surface area contributed by atoms with E-state index in [2.05, 4.69) is 0 Å². The molecule has 0 amide bonds. The third kappa shape index (κ3) is 6.17. The first-order chi connectivity index (χ1) is 13.6. The minimum absolute atomic E-state index is 0.412. The zero-order valence-electron chi connectivity index (χ0n) is 14.8. The van der Waals surface area contributed by atoms with Crippen molar-refractivity contribution in [3.05, 3.63) is 59.7 Å². The van der Waals surface area contributed by atoms with Crippen molar-refractivity contribution >= 4 is 20.0 Å². The average molecular weight is 476 g/mol. The highest BCUT2D eigenvalue weighted by molar-refractivity contribution is 7.89. The molecular formula is C16H14F6N2O4S2. The number of benzene rings is 2. The number of hydrogen-bond acceptors (Lipinski definition) is 4. The maximum atomic E-state index is 12.7. The lowest BCUT2D eigenvalue weighted by Gasteiger charge is -2.12. The number of halogens is 6. The second-order valence-electron chi connectivity index (χ2n) is 5.85. The molecule has 0 saturated heterocycles. The van der Waals surface area contributed by atoms with E-state index < -0.39 is 66.4 Å². The van der Waals surface area contributed by atoms with Gasteiger partial charge in [0.2, 0.25) is 20.0 Å². The van der Waals surface area contributed by atoms with Crippen LogP contribution in [0.1, 0.15) is 11.1 Å². The Morgan fingerprint density at radius 2 is 0.967 bits per heavy atom. The van der Waals surface area contributed by atoms with E-state index in [9.17, 15) is 43.2 Å². The van der Waals surface area contributed by atoms with Gasteiger partial charge in [-0.2, -0.15) is 26.3 Å². The first kappa shape index (κ1) is 24.1. The van der Waals surface area contributed by atoms with Gasteiger partial charge in [0.05, 0.1) is 20.9 Å². The molecule has 14 heteroatoms. The lowest BCUT2D eigenvalue weighted by molar-refractivity contribution is -0.138. The lowest BCUT2D eigenvalue weighted by atomic mass is 10.2. The van der Waals surface area contributed by atoms with E-state index in [4.69, 9.17) is 0 Å². The van der Waals surface area contributed by atoms with Gasteiger partial charge in [-0.05, 0) is 36.4 Å². The van der Waals surface area contributed by atoms with Crippen LogP contribution in [0.2, 0.25) is 0 Å². The maximum absolute atomic E-state index is 12.7. The summed E-state index contributed by atoms with van der Waals surface area (Å²) in [6.07, 6.45) is -9.52. The van der Waals surface area contributed by atoms with Crippen LogP contribution in [0.5, 0.6) is 0 Å². The minimum atomic E-state index is -4.76. The van der Waals surface area contributed by atoms with E-state index in [1.54, 1.807) is 0 Å². The molecule has 0 spiro atoms. The molecule has 0 fully saturated rings. The van der Waals surface area contributed by atoms with E-state index in [-0.39, 0.29) is 0 Å². The molecular weight excluding hydrogens is 462 g/mol. The van der Waals surface area contributed by atoms with Crippen molar-refractivity contribution in [1.29, 1.82) is 0 Å². The summed E-state index contributed by atoms with van der Waals surface area (Å²) in [5.74, 6) is 0. The fourth-order valence-corrected chi connectivity index (χ4v) is 4.37. The molecule has 2 aromatic carbocycles. The van der Waals surface area contributed by atoms with E-state index >= 15 is 0 Å². The third-order valence-electron chi connectivity index (χ3n) is 3.65. The highest BCUT2D eigenvalue weighted by atomic mass is 32.2. The smallest absolute Gasteiger partial charge is 0.210 e. The Morgan fingerprint density at radius 3 is 1.27 bits per heavy atom. The van der Waals surface area contributed by atoms with Crippen LogP contribution in [0.25, 0.3) is 0 Å². The summed E-state index contributed by atoms with van der Waals surface area (Å²) < 4.78 is 128. The fraction of sp³-hybridized carbons (Fsp3) is 0.250. The van der Waals surface area contributed by atoms with E-state index in [0.717, 1.165) is 24.3 Å². The van der Waals surface area contributed by atoms with Gasteiger partial charge in [-0.25, -0.2) is 26.3 Å². The topological polar surface area (TPSA) is 92.3 Å². The Bertz CT molecular complexity index is 1020. The normalized spacial score (nSPS) is 13.4. The van der Waals surface area contributed by atoms with Crippen LogP contribution in [0.3, 0.4) is 0 Å². The zero-order valence-corrected chi connectivity index (χ0v) is 16.4. The van der Waals surface area contributed by atoms with E-state index in [1.807, 2.05) is 9.44 Å². The highest BCUT2D eigenvalue weighted by Gasteiger charge is 2.32. The van der Waals surface area contributed by atoms with Gasteiger partial charge >= 0.3 is 12.4 Å².